The van der Waals surface area contributed by atoms with Crippen LogP contribution in [-0.2, 0) is 4.79 Å². The van der Waals surface area contributed by atoms with Crippen LogP contribution >= 0.6 is 0 Å². The number of nitrogens with zero attached hydrogens (tertiary/aromatic N) is 6. The first-order chi connectivity index (χ1) is 19.3. The van der Waals surface area contributed by atoms with E-state index in [-0.39, 0.29) is 41.8 Å². The molecule has 1 amide bonds. The van der Waals surface area contributed by atoms with Gasteiger partial charge in [0.15, 0.2) is 11.6 Å². The topological polar surface area (TPSA) is 97.6 Å². The zero-order valence-electron chi connectivity index (χ0n) is 23.0. The van der Waals surface area contributed by atoms with E-state index in [0.29, 0.717) is 29.9 Å². The Hall–Kier alpha value is -4.04. The second kappa shape index (κ2) is 11.6. The van der Waals surface area contributed by atoms with Crippen LogP contribution < -0.4 is 15.0 Å². The summed E-state index contributed by atoms with van der Waals surface area (Å²) in [5, 5.41) is 12.5. The van der Waals surface area contributed by atoms with Gasteiger partial charge in [-0.15, -0.1) is 0 Å². The summed E-state index contributed by atoms with van der Waals surface area (Å²) < 4.78 is 34.5. The standard InChI is InChI=1S/C29H33F2N7O2/c1-18-6-7-23(21(30)15-18)33-27-20-16-22(31)26(40-3)17-24(20)34-29(35-27)38-12-8-19(9-13-38)36(2)28(39)25-5-4-11-37(25)14-10-32/h6-7,15-17,19,25H,4-5,8-9,11-14H2,1-3H3,(H,33,34,35). The summed E-state index contributed by atoms with van der Waals surface area (Å²) in [6.07, 6.45) is 3.13. The first-order valence-electron chi connectivity index (χ1n) is 13.5. The van der Waals surface area contributed by atoms with Crippen molar-refractivity contribution in [3.63, 3.8) is 0 Å². The van der Waals surface area contributed by atoms with Crippen molar-refractivity contribution in [3.05, 3.63) is 47.5 Å². The van der Waals surface area contributed by atoms with Crippen molar-refractivity contribution in [1.29, 1.82) is 5.26 Å². The molecule has 5 rings (SSSR count). The van der Waals surface area contributed by atoms with Crippen LogP contribution in [0.1, 0.15) is 31.2 Å². The number of amides is 1. The van der Waals surface area contributed by atoms with Crippen LogP contribution in [0, 0.1) is 29.9 Å². The predicted molar refractivity (Wildman–Crippen MR) is 149 cm³/mol. The van der Waals surface area contributed by atoms with Crippen LogP contribution in [0.25, 0.3) is 10.9 Å². The summed E-state index contributed by atoms with van der Waals surface area (Å²) in [5.41, 5.74) is 1.47. The highest BCUT2D eigenvalue weighted by molar-refractivity contribution is 5.93. The number of carbonyl (C=O) groups is 1. The van der Waals surface area contributed by atoms with Gasteiger partial charge in [0.1, 0.15) is 11.6 Å². The predicted octanol–water partition coefficient (Wildman–Crippen LogP) is 4.38. The molecule has 3 aromatic rings. The van der Waals surface area contributed by atoms with Crippen LogP contribution in [0.5, 0.6) is 5.75 Å². The minimum absolute atomic E-state index is 0.0563. The fraction of sp³-hybridized carbons (Fsp3) is 0.448. The second-order valence-corrected chi connectivity index (χ2v) is 10.4. The van der Waals surface area contributed by atoms with E-state index in [4.69, 9.17) is 20.0 Å². The molecule has 2 saturated heterocycles. The van der Waals surface area contributed by atoms with E-state index in [0.717, 1.165) is 37.8 Å². The molecule has 210 valence electrons. The number of carbonyl (C=O) groups excluding carboxylic acids is 1. The summed E-state index contributed by atoms with van der Waals surface area (Å²) in [4.78, 5) is 28.4. The van der Waals surface area contributed by atoms with Crippen molar-refractivity contribution in [2.45, 2.75) is 44.7 Å². The maximum Gasteiger partial charge on any atom is 0.239 e. The Bertz CT molecular complexity index is 1450. The Kier molecular flexibility index (Phi) is 7.98. The van der Waals surface area contributed by atoms with E-state index in [2.05, 4.69) is 11.4 Å². The second-order valence-electron chi connectivity index (χ2n) is 10.4. The normalized spacial score (nSPS) is 18.1. The van der Waals surface area contributed by atoms with Crippen LogP contribution in [-0.4, -0.2) is 78.1 Å². The SMILES string of the molecule is COc1cc2nc(N3CCC(N(C)C(=O)C4CCCN4CC#N)CC3)nc(Nc3ccc(C)cc3F)c2cc1F. The average molecular weight is 550 g/mol. The van der Waals surface area contributed by atoms with Gasteiger partial charge in [0.05, 0.1) is 37.0 Å². The smallest absolute Gasteiger partial charge is 0.239 e. The van der Waals surface area contributed by atoms with Gasteiger partial charge < -0.3 is 19.9 Å². The summed E-state index contributed by atoms with van der Waals surface area (Å²) >= 11 is 0. The monoisotopic (exact) mass is 549 g/mol. The number of aromatic nitrogens is 2. The van der Waals surface area contributed by atoms with Gasteiger partial charge in [0.25, 0.3) is 0 Å². The first-order valence-corrected chi connectivity index (χ1v) is 13.5. The van der Waals surface area contributed by atoms with Crippen molar-refractivity contribution >= 4 is 34.3 Å². The minimum atomic E-state index is -0.567. The fourth-order valence-electron chi connectivity index (χ4n) is 5.61. The van der Waals surface area contributed by atoms with Gasteiger partial charge in [0, 0.05) is 44.2 Å². The molecule has 2 aliphatic heterocycles. The zero-order valence-corrected chi connectivity index (χ0v) is 23.0. The number of benzene rings is 2. The number of nitriles is 1. The van der Waals surface area contributed by atoms with Crippen molar-refractivity contribution < 1.29 is 18.3 Å². The molecule has 0 aliphatic carbocycles. The number of halogens is 2. The molecule has 1 atom stereocenters. The number of hydrogen-bond acceptors (Lipinski definition) is 8. The number of likely N-dealkylation sites (tertiary alicyclic amines) is 1. The molecule has 2 aromatic carbocycles. The van der Waals surface area contributed by atoms with Gasteiger partial charge in [-0.1, -0.05) is 6.07 Å². The Balaban J connectivity index is 1.37. The molecule has 40 heavy (non-hydrogen) atoms. The number of rotatable bonds is 7. The Morgan fingerprint density at radius 1 is 1.15 bits per heavy atom. The fourth-order valence-corrected chi connectivity index (χ4v) is 5.61. The van der Waals surface area contributed by atoms with Gasteiger partial charge >= 0.3 is 0 Å². The lowest BCUT2D eigenvalue weighted by atomic mass is 10.0. The van der Waals surface area contributed by atoms with Crippen LogP contribution in [0.3, 0.4) is 0 Å². The van der Waals surface area contributed by atoms with E-state index in [9.17, 15) is 13.6 Å². The largest absolute Gasteiger partial charge is 0.494 e. The molecule has 2 fully saturated rings. The van der Waals surface area contributed by atoms with Crippen molar-refractivity contribution in [2.75, 3.05) is 50.6 Å². The zero-order chi connectivity index (χ0) is 28.4. The molecule has 9 nitrogen and oxygen atoms in total. The van der Waals surface area contributed by atoms with E-state index < -0.39 is 11.6 Å². The van der Waals surface area contributed by atoms with E-state index in [1.54, 1.807) is 19.1 Å². The number of likely N-dealkylation sites (N-methyl/N-ethyl adjacent to an activating group) is 1. The van der Waals surface area contributed by atoms with Gasteiger partial charge in [-0.2, -0.15) is 10.2 Å². The van der Waals surface area contributed by atoms with Crippen molar-refractivity contribution in [1.82, 2.24) is 19.8 Å². The number of methoxy groups -OCH3 is 1. The lowest BCUT2D eigenvalue weighted by molar-refractivity contribution is -0.137. The third kappa shape index (κ3) is 5.49. The molecule has 0 bridgehead atoms. The first kappa shape index (κ1) is 27.5. The van der Waals surface area contributed by atoms with Crippen molar-refractivity contribution in [3.8, 4) is 11.8 Å². The van der Waals surface area contributed by atoms with Gasteiger partial charge in [0.2, 0.25) is 11.9 Å². The van der Waals surface area contributed by atoms with Crippen molar-refractivity contribution in [2.24, 2.45) is 0 Å². The molecule has 1 N–H and O–H groups in total. The Labute approximate surface area is 232 Å². The van der Waals surface area contributed by atoms with Gasteiger partial charge in [-0.05, 0) is 56.4 Å². The molecular weight excluding hydrogens is 516 g/mol. The number of aryl methyl sites for hydroxylation is 1. The third-order valence-electron chi connectivity index (χ3n) is 7.90. The summed E-state index contributed by atoms with van der Waals surface area (Å²) in [7, 11) is 3.23. The summed E-state index contributed by atoms with van der Waals surface area (Å²) in [6.45, 7) is 4.05. The molecule has 1 aromatic heterocycles. The maximum atomic E-state index is 14.7. The highest BCUT2D eigenvalue weighted by atomic mass is 19.1. The van der Waals surface area contributed by atoms with Crippen LogP contribution in [0.2, 0.25) is 0 Å². The molecule has 0 spiro atoms. The minimum Gasteiger partial charge on any atom is -0.494 e. The van der Waals surface area contributed by atoms with Crippen LogP contribution in [0.4, 0.5) is 26.2 Å². The lowest BCUT2D eigenvalue weighted by Crippen LogP contribution is -2.51. The quantitative estimate of drug-likeness (QED) is 0.434. The number of hydrogen-bond donors (Lipinski definition) is 1. The average Bonchev–Trinajstić information content (AvgIpc) is 3.42. The molecule has 11 heteroatoms. The molecule has 0 saturated carbocycles. The Morgan fingerprint density at radius 3 is 2.62 bits per heavy atom. The Morgan fingerprint density at radius 2 is 1.93 bits per heavy atom. The number of nitrogens with one attached hydrogen (secondary N) is 1. The van der Waals surface area contributed by atoms with E-state index >= 15 is 0 Å². The number of piperidine rings is 1. The maximum absolute atomic E-state index is 14.7. The molecule has 1 unspecified atom stereocenters. The number of ether oxygens (including phenoxy) is 1. The molecule has 3 heterocycles. The highest BCUT2D eigenvalue weighted by Crippen LogP contribution is 2.33. The molecule has 0 radical (unpaired) electrons. The highest BCUT2D eigenvalue weighted by Gasteiger charge is 2.35. The van der Waals surface area contributed by atoms with E-state index in [1.807, 2.05) is 21.7 Å². The van der Waals surface area contributed by atoms with Gasteiger partial charge in [-0.25, -0.2) is 13.8 Å². The van der Waals surface area contributed by atoms with E-state index in [1.165, 1.54) is 25.3 Å². The van der Waals surface area contributed by atoms with Crippen LogP contribution in [0.15, 0.2) is 30.3 Å². The number of fused-ring (bicyclic) bond motifs is 1. The molecule has 2 aliphatic rings. The number of anilines is 3. The summed E-state index contributed by atoms with van der Waals surface area (Å²) in [6, 6.07) is 9.62. The lowest BCUT2D eigenvalue weighted by Gasteiger charge is -2.38. The third-order valence-corrected chi connectivity index (χ3v) is 7.90. The summed E-state index contributed by atoms with van der Waals surface area (Å²) in [5.74, 6) is -0.166. The molecular formula is C29H33F2N7O2. The van der Waals surface area contributed by atoms with Gasteiger partial charge in [-0.3, -0.25) is 9.69 Å².